The van der Waals surface area contributed by atoms with Crippen molar-refractivity contribution in [2.45, 2.75) is 52.0 Å². The molecule has 6 nitrogen and oxygen atoms in total. The molecule has 3 amide bonds. The van der Waals surface area contributed by atoms with Crippen LogP contribution in [0, 0.1) is 5.41 Å². The number of hydrogen-bond acceptors (Lipinski definition) is 4. The first-order chi connectivity index (χ1) is 12.7. The summed E-state index contributed by atoms with van der Waals surface area (Å²) in [6, 6.07) is 4.82. The zero-order chi connectivity index (χ0) is 19.8. The molecule has 3 rings (SSSR count). The summed E-state index contributed by atoms with van der Waals surface area (Å²) in [5.74, 6) is -0.657. The van der Waals surface area contributed by atoms with Crippen molar-refractivity contribution < 1.29 is 14.4 Å². The van der Waals surface area contributed by atoms with E-state index in [0.29, 0.717) is 29.8 Å². The number of carbonyl (C=O) groups excluding carboxylic acids is 3. The molecule has 2 aliphatic rings. The topological polar surface area (TPSA) is 83.7 Å². The highest BCUT2D eigenvalue weighted by molar-refractivity contribution is 6.22. The summed E-state index contributed by atoms with van der Waals surface area (Å²) in [6.45, 7) is 4.99. The van der Waals surface area contributed by atoms with Gasteiger partial charge in [-0.2, -0.15) is 0 Å². The van der Waals surface area contributed by atoms with Crippen molar-refractivity contribution in [3.05, 3.63) is 34.9 Å². The third-order valence-electron chi connectivity index (χ3n) is 5.67. The highest BCUT2D eigenvalue weighted by Crippen LogP contribution is 2.31. The number of rotatable bonds is 5. The first kappa shape index (κ1) is 19.5. The number of amides is 3. The number of nitrogens with two attached hydrogens (primary N) is 1. The fourth-order valence-electron chi connectivity index (χ4n) is 4.06. The first-order valence-corrected chi connectivity index (χ1v) is 9.72. The Balaban J connectivity index is 1.82. The van der Waals surface area contributed by atoms with Gasteiger partial charge in [-0.15, -0.1) is 0 Å². The molecule has 1 heterocycles. The summed E-state index contributed by atoms with van der Waals surface area (Å²) >= 11 is 0. The SMILES string of the molecule is CN(CC(C)(C)CN)C(=O)c1ccc2c(c1)C(=O)N(C1CCCCC1)C2=O. The van der Waals surface area contributed by atoms with Crippen LogP contribution in [0.5, 0.6) is 0 Å². The number of hydrogen-bond donors (Lipinski definition) is 1. The quantitative estimate of drug-likeness (QED) is 0.807. The lowest BCUT2D eigenvalue weighted by molar-refractivity contribution is 0.0548. The molecule has 0 bridgehead atoms. The van der Waals surface area contributed by atoms with Crippen LogP contribution < -0.4 is 5.73 Å². The Morgan fingerprint density at radius 2 is 1.78 bits per heavy atom. The van der Waals surface area contributed by atoms with E-state index in [4.69, 9.17) is 5.73 Å². The first-order valence-electron chi connectivity index (χ1n) is 9.72. The summed E-state index contributed by atoms with van der Waals surface area (Å²) in [5, 5.41) is 0. The molecule has 0 spiro atoms. The lowest BCUT2D eigenvalue weighted by Gasteiger charge is -2.29. The molecule has 146 valence electrons. The lowest BCUT2D eigenvalue weighted by atomic mass is 9.93. The molecule has 1 fully saturated rings. The van der Waals surface area contributed by atoms with Gasteiger partial charge in [-0.05, 0) is 43.0 Å². The molecule has 6 heteroatoms. The largest absolute Gasteiger partial charge is 0.341 e. The maximum Gasteiger partial charge on any atom is 0.261 e. The Hall–Kier alpha value is -2.21. The minimum atomic E-state index is -0.263. The van der Waals surface area contributed by atoms with Gasteiger partial charge in [-0.1, -0.05) is 33.1 Å². The summed E-state index contributed by atoms with van der Waals surface area (Å²) in [5.41, 5.74) is 6.76. The Bertz CT molecular complexity index is 766. The van der Waals surface area contributed by atoms with Gasteiger partial charge in [0.1, 0.15) is 0 Å². The minimum Gasteiger partial charge on any atom is -0.341 e. The zero-order valence-electron chi connectivity index (χ0n) is 16.5. The zero-order valence-corrected chi connectivity index (χ0v) is 16.5. The van der Waals surface area contributed by atoms with Gasteiger partial charge in [0.2, 0.25) is 0 Å². The summed E-state index contributed by atoms with van der Waals surface area (Å²) in [4.78, 5) is 41.5. The van der Waals surface area contributed by atoms with Crippen molar-refractivity contribution in [3.8, 4) is 0 Å². The Kier molecular flexibility index (Phi) is 5.38. The van der Waals surface area contributed by atoms with E-state index in [9.17, 15) is 14.4 Å². The molecule has 0 aromatic heterocycles. The summed E-state index contributed by atoms with van der Waals surface area (Å²) in [6.07, 6.45) is 4.99. The fraction of sp³-hybridized carbons (Fsp3) is 0.571. The van der Waals surface area contributed by atoms with Crippen LogP contribution in [0.3, 0.4) is 0 Å². The monoisotopic (exact) mass is 371 g/mol. The van der Waals surface area contributed by atoms with Crippen LogP contribution in [0.2, 0.25) is 0 Å². The van der Waals surface area contributed by atoms with Gasteiger partial charge in [0, 0.05) is 25.2 Å². The molecule has 1 aromatic rings. The van der Waals surface area contributed by atoms with Crippen LogP contribution in [-0.2, 0) is 0 Å². The van der Waals surface area contributed by atoms with Crippen LogP contribution in [0.25, 0.3) is 0 Å². The Labute approximate surface area is 160 Å². The van der Waals surface area contributed by atoms with Crippen LogP contribution in [0.1, 0.15) is 77.0 Å². The molecule has 0 radical (unpaired) electrons. The van der Waals surface area contributed by atoms with E-state index in [-0.39, 0.29) is 29.2 Å². The second-order valence-corrected chi connectivity index (χ2v) is 8.56. The molecular weight excluding hydrogens is 342 g/mol. The highest BCUT2D eigenvalue weighted by atomic mass is 16.2. The van der Waals surface area contributed by atoms with Gasteiger partial charge in [-0.25, -0.2) is 0 Å². The van der Waals surface area contributed by atoms with Gasteiger partial charge < -0.3 is 10.6 Å². The second kappa shape index (κ2) is 7.43. The third kappa shape index (κ3) is 3.76. The summed E-state index contributed by atoms with van der Waals surface area (Å²) in [7, 11) is 1.73. The Morgan fingerprint density at radius 3 is 2.41 bits per heavy atom. The maximum absolute atomic E-state index is 12.9. The smallest absolute Gasteiger partial charge is 0.261 e. The standard InChI is InChI=1S/C21H29N3O3/c1-21(2,12-22)13-23(3)18(25)14-9-10-16-17(11-14)20(27)24(19(16)26)15-7-5-4-6-8-15/h9-11,15H,4-8,12-13,22H2,1-3H3. The van der Waals surface area contributed by atoms with Crippen LogP contribution >= 0.6 is 0 Å². The van der Waals surface area contributed by atoms with E-state index in [0.717, 1.165) is 32.1 Å². The van der Waals surface area contributed by atoms with Crippen LogP contribution in [0.4, 0.5) is 0 Å². The van der Waals surface area contributed by atoms with Crippen molar-refractivity contribution >= 4 is 17.7 Å². The van der Waals surface area contributed by atoms with Gasteiger partial charge in [0.25, 0.3) is 17.7 Å². The average molecular weight is 371 g/mol. The fourth-order valence-corrected chi connectivity index (χ4v) is 4.06. The average Bonchev–Trinajstić information content (AvgIpc) is 2.91. The van der Waals surface area contributed by atoms with Gasteiger partial charge in [0.05, 0.1) is 11.1 Å². The molecule has 0 unspecified atom stereocenters. The van der Waals surface area contributed by atoms with E-state index in [1.165, 1.54) is 4.90 Å². The highest BCUT2D eigenvalue weighted by Gasteiger charge is 2.40. The summed E-state index contributed by atoms with van der Waals surface area (Å²) < 4.78 is 0. The van der Waals surface area contributed by atoms with Crippen molar-refractivity contribution in [2.75, 3.05) is 20.1 Å². The number of nitrogens with zero attached hydrogens (tertiary/aromatic N) is 2. The van der Waals surface area contributed by atoms with E-state index in [2.05, 4.69) is 0 Å². The molecule has 1 aliphatic heterocycles. The van der Waals surface area contributed by atoms with E-state index >= 15 is 0 Å². The molecule has 0 saturated heterocycles. The second-order valence-electron chi connectivity index (χ2n) is 8.56. The molecule has 0 atom stereocenters. The van der Waals surface area contributed by atoms with Crippen LogP contribution in [-0.4, -0.2) is 53.7 Å². The van der Waals surface area contributed by atoms with E-state index in [1.807, 2.05) is 13.8 Å². The third-order valence-corrected chi connectivity index (χ3v) is 5.67. The number of imide groups is 1. The molecule has 2 N–H and O–H groups in total. The van der Waals surface area contributed by atoms with Crippen molar-refractivity contribution in [1.82, 2.24) is 9.80 Å². The van der Waals surface area contributed by atoms with Crippen molar-refractivity contribution in [3.63, 3.8) is 0 Å². The van der Waals surface area contributed by atoms with Crippen molar-refractivity contribution in [1.29, 1.82) is 0 Å². The molecule has 27 heavy (non-hydrogen) atoms. The molecule has 1 aromatic carbocycles. The van der Waals surface area contributed by atoms with Crippen LogP contribution in [0.15, 0.2) is 18.2 Å². The van der Waals surface area contributed by atoms with Crippen molar-refractivity contribution in [2.24, 2.45) is 11.1 Å². The van der Waals surface area contributed by atoms with Gasteiger partial charge in [-0.3, -0.25) is 19.3 Å². The molecule has 1 aliphatic carbocycles. The van der Waals surface area contributed by atoms with E-state index < -0.39 is 0 Å². The predicted molar refractivity (Wildman–Crippen MR) is 104 cm³/mol. The van der Waals surface area contributed by atoms with E-state index in [1.54, 1.807) is 30.1 Å². The Morgan fingerprint density at radius 1 is 1.15 bits per heavy atom. The molecular formula is C21H29N3O3. The normalized spacial score (nSPS) is 18.0. The number of fused-ring (bicyclic) bond motifs is 1. The lowest BCUT2D eigenvalue weighted by Crippen LogP contribution is -2.41. The predicted octanol–water partition coefficient (Wildman–Crippen LogP) is 2.67. The number of carbonyl (C=O) groups is 3. The molecule has 1 saturated carbocycles. The minimum absolute atomic E-state index is 0.0154. The van der Waals surface area contributed by atoms with Gasteiger partial charge >= 0.3 is 0 Å². The number of benzene rings is 1. The maximum atomic E-state index is 12.9. The van der Waals surface area contributed by atoms with Gasteiger partial charge in [0.15, 0.2) is 0 Å².